The maximum atomic E-state index is 13.6. The average Bonchev–Trinajstić information content (AvgIpc) is 2.39. The Balaban J connectivity index is 2.19. The molecule has 0 aromatic heterocycles. The standard InChI is InChI=1S/C15H18ClFO3/c1-3-14(18)20-13(7-15(2)8-19-9-15)10-4-5-11(16)12(17)6-10/h4-6,13H,3,7-9H2,1-2H3. The van der Waals surface area contributed by atoms with E-state index in [1.165, 1.54) is 12.1 Å². The van der Waals surface area contributed by atoms with Crippen molar-refractivity contribution in [3.05, 3.63) is 34.6 Å². The molecule has 1 atom stereocenters. The quantitative estimate of drug-likeness (QED) is 0.774. The molecule has 1 aliphatic heterocycles. The molecule has 1 aliphatic rings. The normalized spacial score (nSPS) is 18.2. The van der Waals surface area contributed by atoms with Crippen molar-refractivity contribution in [3.8, 4) is 0 Å². The maximum absolute atomic E-state index is 13.6. The Morgan fingerprint density at radius 3 is 2.75 bits per heavy atom. The second-order valence-corrected chi connectivity index (χ2v) is 5.92. The number of rotatable bonds is 5. The third-order valence-electron chi connectivity index (χ3n) is 3.46. The van der Waals surface area contributed by atoms with E-state index in [-0.39, 0.29) is 16.4 Å². The van der Waals surface area contributed by atoms with Crippen LogP contribution in [0.3, 0.4) is 0 Å². The van der Waals surface area contributed by atoms with Crippen LogP contribution in [0.4, 0.5) is 4.39 Å². The number of ether oxygens (including phenoxy) is 2. The molecule has 1 fully saturated rings. The summed E-state index contributed by atoms with van der Waals surface area (Å²) in [6.45, 7) is 5.05. The van der Waals surface area contributed by atoms with Crippen LogP contribution in [0.5, 0.6) is 0 Å². The highest BCUT2D eigenvalue weighted by molar-refractivity contribution is 6.30. The van der Waals surface area contributed by atoms with Gasteiger partial charge in [0.2, 0.25) is 0 Å². The largest absolute Gasteiger partial charge is 0.457 e. The molecular formula is C15H18ClFO3. The molecule has 3 nitrogen and oxygen atoms in total. The minimum Gasteiger partial charge on any atom is -0.457 e. The van der Waals surface area contributed by atoms with Crippen LogP contribution in [0.15, 0.2) is 18.2 Å². The van der Waals surface area contributed by atoms with Gasteiger partial charge in [-0.25, -0.2) is 4.39 Å². The summed E-state index contributed by atoms with van der Waals surface area (Å²) in [6, 6.07) is 4.51. The summed E-state index contributed by atoms with van der Waals surface area (Å²) in [5, 5.41) is 0.0625. The summed E-state index contributed by atoms with van der Waals surface area (Å²) < 4.78 is 24.3. The van der Waals surface area contributed by atoms with E-state index in [1.54, 1.807) is 13.0 Å². The second-order valence-electron chi connectivity index (χ2n) is 5.51. The molecule has 20 heavy (non-hydrogen) atoms. The van der Waals surface area contributed by atoms with Crippen LogP contribution in [-0.4, -0.2) is 19.2 Å². The molecule has 0 radical (unpaired) electrons. The molecule has 0 spiro atoms. The molecular weight excluding hydrogens is 283 g/mol. The van der Waals surface area contributed by atoms with Gasteiger partial charge in [0.25, 0.3) is 0 Å². The number of halogens is 2. The molecule has 0 N–H and O–H groups in total. The fraction of sp³-hybridized carbons (Fsp3) is 0.533. The molecule has 5 heteroatoms. The van der Waals surface area contributed by atoms with Crippen molar-refractivity contribution in [1.29, 1.82) is 0 Å². The van der Waals surface area contributed by atoms with Crippen molar-refractivity contribution in [2.75, 3.05) is 13.2 Å². The zero-order valence-electron chi connectivity index (χ0n) is 11.6. The summed E-state index contributed by atoms with van der Waals surface area (Å²) in [6.07, 6.45) is 0.433. The van der Waals surface area contributed by atoms with Crippen LogP contribution >= 0.6 is 11.6 Å². The zero-order chi connectivity index (χ0) is 14.8. The molecule has 1 unspecified atom stereocenters. The van der Waals surface area contributed by atoms with Crippen molar-refractivity contribution in [3.63, 3.8) is 0 Å². The van der Waals surface area contributed by atoms with Gasteiger partial charge in [-0.2, -0.15) is 0 Å². The molecule has 2 rings (SSSR count). The summed E-state index contributed by atoms with van der Waals surface area (Å²) in [4.78, 5) is 11.6. The van der Waals surface area contributed by atoms with Crippen LogP contribution < -0.4 is 0 Å². The average molecular weight is 301 g/mol. The van der Waals surface area contributed by atoms with E-state index in [0.29, 0.717) is 31.6 Å². The first-order valence-electron chi connectivity index (χ1n) is 6.66. The first-order chi connectivity index (χ1) is 9.43. The van der Waals surface area contributed by atoms with Crippen LogP contribution in [0.2, 0.25) is 5.02 Å². The van der Waals surface area contributed by atoms with Crippen molar-refractivity contribution in [2.45, 2.75) is 32.8 Å². The van der Waals surface area contributed by atoms with Crippen LogP contribution in [0, 0.1) is 11.2 Å². The summed E-state index contributed by atoms with van der Waals surface area (Å²) in [5.74, 6) is -0.800. The van der Waals surface area contributed by atoms with E-state index in [2.05, 4.69) is 6.92 Å². The summed E-state index contributed by atoms with van der Waals surface area (Å²) in [7, 11) is 0. The highest BCUT2D eigenvalue weighted by atomic mass is 35.5. The van der Waals surface area contributed by atoms with Gasteiger partial charge >= 0.3 is 5.97 Å². The van der Waals surface area contributed by atoms with Gasteiger partial charge in [0.15, 0.2) is 0 Å². The lowest BCUT2D eigenvalue weighted by atomic mass is 9.81. The third-order valence-corrected chi connectivity index (χ3v) is 3.76. The molecule has 1 aromatic carbocycles. The molecule has 0 bridgehead atoms. The van der Waals surface area contributed by atoms with Gasteiger partial charge in [-0.1, -0.05) is 31.5 Å². The van der Waals surface area contributed by atoms with Crippen molar-refractivity contribution in [1.82, 2.24) is 0 Å². The molecule has 0 aliphatic carbocycles. The number of carbonyl (C=O) groups is 1. The van der Waals surface area contributed by atoms with Gasteiger partial charge in [-0.05, 0) is 24.1 Å². The van der Waals surface area contributed by atoms with Gasteiger partial charge in [0.05, 0.1) is 18.2 Å². The zero-order valence-corrected chi connectivity index (χ0v) is 12.4. The smallest absolute Gasteiger partial charge is 0.306 e. The van der Waals surface area contributed by atoms with Gasteiger partial charge in [0, 0.05) is 11.8 Å². The van der Waals surface area contributed by atoms with Crippen molar-refractivity contribution in [2.24, 2.45) is 5.41 Å². The molecule has 1 heterocycles. The van der Waals surface area contributed by atoms with E-state index < -0.39 is 11.9 Å². The molecule has 0 amide bonds. The first-order valence-corrected chi connectivity index (χ1v) is 7.03. The van der Waals surface area contributed by atoms with E-state index in [1.807, 2.05) is 0 Å². The molecule has 110 valence electrons. The van der Waals surface area contributed by atoms with Crippen LogP contribution in [-0.2, 0) is 14.3 Å². The number of hydrogen-bond acceptors (Lipinski definition) is 3. The lowest BCUT2D eigenvalue weighted by molar-refractivity contribution is -0.159. The Labute approximate surface area is 123 Å². The lowest BCUT2D eigenvalue weighted by Gasteiger charge is -2.40. The fourth-order valence-corrected chi connectivity index (χ4v) is 2.32. The van der Waals surface area contributed by atoms with Crippen molar-refractivity contribution >= 4 is 17.6 Å². The Morgan fingerprint density at radius 1 is 1.55 bits per heavy atom. The highest BCUT2D eigenvalue weighted by Gasteiger charge is 2.37. The SMILES string of the molecule is CCC(=O)OC(CC1(C)COC1)c1ccc(Cl)c(F)c1. The number of benzene rings is 1. The maximum Gasteiger partial charge on any atom is 0.306 e. The topological polar surface area (TPSA) is 35.5 Å². The van der Waals surface area contributed by atoms with Gasteiger partial charge in [-0.3, -0.25) is 4.79 Å². The molecule has 0 saturated carbocycles. The van der Waals surface area contributed by atoms with Gasteiger partial charge < -0.3 is 9.47 Å². The molecule has 1 saturated heterocycles. The highest BCUT2D eigenvalue weighted by Crippen LogP contribution is 2.39. The van der Waals surface area contributed by atoms with Crippen LogP contribution in [0.25, 0.3) is 0 Å². The Morgan fingerprint density at radius 2 is 2.25 bits per heavy atom. The predicted octanol–water partition coefficient (Wildman–Crippen LogP) is 3.90. The van der Waals surface area contributed by atoms with E-state index in [4.69, 9.17) is 21.1 Å². The van der Waals surface area contributed by atoms with E-state index in [9.17, 15) is 9.18 Å². The second kappa shape index (κ2) is 6.10. The van der Waals surface area contributed by atoms with E-state index in [0.717, 1.165) is 0 Å². The monoisotopic (exact) mass is 300 g/mol. The summed E-state index contributed by atoms with van der Waals surface area (Å²) in [5.41, 5.74) is 0.594. The summed E-state index contributed by atoms with van der Waals surface area (Å²) >= 11 is 5.69. The first kappa shape index (κ1) is 15.3. The van der Waals surface area contributed by atoms with Crippen LogP contribution in [0.1, 0.15) is 38.4 Å². The third kappa shape index (κ3) is 3.49. The minimum absolute atomic E-state index is 0.0329. The lowest BCUT2D eigenvalue weighted by Crippen LogP contribution is -2.41. The van der Waals surface area contributed by atoms with Crippen molar-refractivity contribution < 1.29 is 18.7 Å². The fourth-order valence-electron chi connectivity index (χ4n) is 2.20. The number of carbonyl (C=O) groups excluding carboxylic acids is 1. The van der Waals surface area contributed by atoms with E-state index >= 15 is 0 Å². The predicted molar refractivity (Wildman–Crippen MR) is 74.1 cm³/mol. The number of esters is 1. The van der Waals surface area contributed by atoms with Gasteiger partial charge in [-0.15, -0.1) is 0 Å². The Bertz CT molecular complexity index is 500. The minimum atomic E-state index is -0.503. The Kier molecular flexibility index (Phi) is 4.66. The Hall–Kier alpha value is -1.13. The molecule has 1 aromatic rings. The van der Waals surface area contributed by atoms with Gasteiger partial charge in [0.1, 0.15) is 11.9 Å². The number of hydrogen-bond donors (Lipinski definition) is 0.